The summed E-state index contributed by atoms with van der Waals surface area (Å²) < 4.78 is 0. The van der Waals surface area contributed by atoms with Crippen molar-refractivity contribution < 1.29 is 4.79 Å². The zero-order valence-corrected chi connectivity index (χ0v) is 11.5. The number of carbonyl (C=O) groups excluding carboxylic acids is 1. The third-order valence-corrected chi connectivity index (χ3v) is 2.81. The second-order valence-corrected chi connectivity index (χ2v) is 3.92. The molecule has 3 rings (SSSR count). The molecule has 3 nitrogen and oxygen atoms in total. The topological polar surface area (TPSA) is 56.0 Å². The van der Waals surface area contributed by atoms with Crippen LogP contribution < -0.4 is 5.73 Å². The van der Waals surface area contributed by atoms with Gasteiger partial charge in [0.05, 0.1) is 16.6 Å². The highest BCUT2D eigenvalue weighted by Crippen LogP contribution is 2.21. The molecule has 1 amide bonds. The number of primary amides is 1. The molecule has 0 atom stereocenters. The van der Waals surface area contributed by atoms with Crippen molar-refractivity contribution in [2.24, 2.45) is 5.73 Å². The molecule has 1 aromatic heterocycles. The van der Waals surface area contributed by atoms with Gasteiger partial charge in [0.1, 0.15) is 0 Å². The molecule has 0 spiro atoms. The van der Waals surface area contributed by atoms with Crippen molar-refractivity contribution in [1.29, 1.82) is 0 Å². The molecular weight excluding hydrogens is 283 g/mol. The first-order chi connectivity index (χ1) is 8.25. The van der Waals surface area contributed by atoms with Gasteiger partial charge < -0.3 is 5.73 Å². The molecule has 0 aliphatic rings. The van der Waals surface area contributed by atoms with Crippen LogP contribution >= 0.6 is 24.8 Å². The van der Waals surface area contributed by atoms with Crippen LogP contribution in [0.15, 0.2) is 48.5 Å². The van der Waals surface area contributed by atoms with Gasteiger partial charge in [-0.25, -0.2) is 4.98 Å². The molecule has 0 unspecified atom stereocenters. The standard InChI is InChI=1S/C14H10N2O.2ClH/c15-14(17)11-6-3-5-10-8-9-4-1-2-7-12(9)16-13(10)11;;/h1-8H,(H2,15,17);2*1H. The Morgan fingerprint density at radius 3 is 2.37 bits per heavy atom. The highest BCUT2D eigenvalue weighted by Gasteiger charge is 2.08. The molecule has 2 aromatic carbocycles. The molecule has 0 bridgehead atoms. The van der Waals surface area contributed by atoms with Crippen LogP contribution in [0.5, 0.6) is 0 Å². The van der Waals surface area contributed by atoms with Gasteiger partial charge in [-0.2, -0.15) is 0 Å². The number of rotatable bonds is 1. The number of halogens is 2. The summed E-state index contributed by atoms with van der Waals surface area (Å²) in [5, 5.41) is 1.99. The highest BCUT2D eigenvalue weighted by atomic mass is 35.5. The van der Waals surface area contributed by atoms with Gasteiger partial charge in [-0.05, 0) is 18.2 Å². The van der Waals surface area contributed by atoms with Crippen LogP contribution in [0.3, 0.4) is 0 Å². The number of nitrogens with zero attached hydrogens (tertiary/aromatic N) is 1. The molecule has 0 saturated heterocycles. The monoisotopic (exact) mass is 294 g/mol. The number of amides is 1. The number of para-hydroxylation sites is 2. The molecule has 2 N–H and O–H groups in total. The summed E-state index contributed by atoms with van der Waals surface area (Å²) in [4.78, 5) is 15.8. The molecule has 1 heterocycles. The minimum absolute atomic E-state index is 0. The zero-order valence-electron chi connectivity index (χ0n) is 9.87. The molecule has 0 aliphatic heterocycles. The minimum atomic E-state index is -0.446. The zero-order chi connectivity index (χ0) is 11.8. The molecule has 0 fully saturated rings. The Bertz CT molecular complexity index is 744. The van der Waals surface area contributed by atoms with Gasteiger partial charge in [0.15, 0.2) is 0 Å². The van der Waals surface area contributed by atoms with Gasteiger partial charge in [0.25, 0.3) is 5.91 Å². The Hall–Kier alpha value is -1.84. The van der Waals surface area contributed by atoms with E-state index in [-0.39, 0.29) is 24.8 Å². The fourth-order valence-electron chi connectivity index (χ4n) is 2.00. The summed E-state index contributed by atoms with van der Waals surface area (Å²) in [5.74, 6) is -0.446. The number of benzene rings is 2. The summed E-state index contributed by atoms with van der Waals surface area (Å²) in [6.45, 7) is 0. The maximum absolute atomic E-state index is 11.3. The number of aromatic nitrogens is 1. The van der Waals surface area contributed by atoms with Crippen LogP contribution in [0.1, 0.15) is 10.4 Å². The third-order valence-electron chi connectivity index (χ3n) is 2.81. The first kappa shape index (κ1) is 15.2. The van der Waals surface area contributed by atoms with Crippen molar-refractivity contribution >= 4 is 52.5 Å². The van der Waals surface area contributed by atoms with Crippen molar-refractivity contribution in [1.82, 2.24) is 4.98 Å². The fraction of sp³-hybridized carbons (Fsp3) is 0. The average molecular weight is 295 g/mol. The van der Waals surface area contributed by atoms with Crippen LogP contribution in [0, 0.1) is 0 Å². The smallest absolute Gasteiger partial charge is 0.250 e. The third kappa shape index (κ3) is 2.62. The Kier molecular flexibility index (Phi) is 4.70. The quantitative estimate of drug-likeness (QED) is 0.700. The van der Waals surface area contributed by atoms with Crippen LogP contribution in [-0.2, 0) is 0 Å². The van der Waals surface area contributed by atoms with Gasteiger partial charge in [0.2, 0.25) is 0 Å². The van der Waals surface area contributed by atoms with Gasteiger partial charge in [-0.15, -0.1) is 24.8 Å². The van der Waals surface area contributed by atoms with Gasteiger partial charge in [-0.1, -0.05) is 30.3 Å². The largest absolute Gasteiger partial charge is 0.366 e. The van der Waals surface area contributed by atoms with Crippen molar-refractivity contribution in [2.45, 2.75) is 0 Å². The maximum Gasteiger partial charge on any atom is 0.250 e. The lowest BCUT2D eigenvalue weighted by Gasteiger charge is -2.04. The summed E-state index contributed by atoms with van der Waals surface area (Å²) in [6, 6.07) is 15.3. The second kappa shape index (κ2) is 5.87. The lowest BCUT2D eigenvalue weighted by molar-refractivity contribution is 0.100. The van der Waals surface area contributed by atoms with Crippen LogP contribution in [0.25, 0.3) is 21.8 Å². The lowest BCUT2D eigenvalue weighted by Crippen LogP contribution is -2.11. The van der Waals surface area contributed by atoms with Gasteiger partial charge in [-0.3, -0.25) is 4.79 Å². The van der Waals surface area contributed by atoms with E-state index in [1.807, 2.05) is 42.5 Å². The molecule has 19 heavy (non-hydrogen) atoms. The number of fused-ring (bicyclic) bond motifs is 2. The SMILES string of the molecule is Cl.Cl.NC(=O)c1cccc2cc3ccccc3nc12. The predicted molar refractivity (Wildman–Crippen MR) is 82.3 cm³/mol. The van der Waals surface area contributed by atoms with Gasteiger partial charge in [0, 0.05) is 10.8 Å². The fourth-order valence-corrected chi connectivity index (χ4v) is 2.00. The van der Waals surface area contributed by atoms with E-state index in [2.05, 4.69) is 4.98 Å². The number of nitrogens with two attached hydrogens (primary N) is 1. The Balaban J connectivity index is 0.000000902. The second-order valence-electron chi connectivity index (χ2n) is 3.92. The highest BCUT2D eigenvalue weighted by molar-refractivity contribution is 6.07. The van der Waals surface area contributed by atoms with Crippen LogP contribution in [0.4, 0.5) is 0 Å². The molecule has 3 aromatic rings. The van der Waals surface area contributed by atoms with E-state index >= 15 is 0 Å². The van der Waals surface area contributed by atoms with E-state index in [4.69, 9.17) is 5.73 Å². The van der Waals surface area contributed by atoms with Crippen LogP contribution in [0.2, 0.25) is 0 Å². The molecule has 0 radical (unpaired) electrons. The molecule has 5 heteroatoms. The van der Waals surface area contributed by atoms with Crippen molar-refractivity contribution in [3.05, 3.63) is 54.1 Å². The van der Waals surface area contributed by atoms with Gasteiger partial charge >= 0.3 is 0 Å². The average Bonchev–Trinajstić information content (AvgIpc) is 2.35. The molecule has 0 aliphatic carbocycles. The van der Waals surface area contributed by atoms with E-state index in [9.17, 15) is 4.79 Å². The van der Waals surface area contributed by atoms with E-state index < -0.39 is 5.91 Å². The lowest BCUT2D eigenvalue weighted by atomic mass is 10.1. The summed E-state index contributed by atoms with van der Waals surface area (Å²) in [5.41, 5.74) is 7.35. The van der Waals surface area contributed by atoms with Crippen molar-refractivity contribution in [3.63, 3.8) is 0 Å². The molecule has 0 saturated carbocycles. The first-order valence-electron chi connectivity index (χ1n) is 5.34. The van der Waals surface area contributed by atoms with Crippen molar-refractivity contribution in [2.75, 3.05) is 0 Å². The first-order valence-corrected chi connectivity index (χ1v) is 5.34. The van der Waals surface area contributed by atoms with E-state index in [0.717, 1.165) is 16.3 Å². The van der Waals surface area contributed by atoms with E-state index in [1.165, 1.54) is 0 Å². The predicted octanol–water partition coefficient (Wildman–Crippen LogP) is 3.33. The minimum Gasteiger partial charge on any atom is -0.366 e. The Labute approximate surface area is 122 Å². The number of carbonyl (C=O) groups is 1. The van der Waals surface area contributed by atoms with Crippen LogP contribution in [-0.4, -0.2) is 10.9 Å². The van der Waals surface area contributed by atoms with Crippen molar-refractivity contribution in [3.8, 4) is 0 Å². The van der Waals surface area contributed by atoms with E-state index in [1.54, 1.807) is 6.07 Å². The summed E-state index contributed by atoms with van der Waals surface area (Å²) >= 11 is 0. The number of pyridine rings is 1. The van der Waals surface area contributed by atoms with E-state index in [0.29, 0.717) is 11.1 Å². The molecular formula is C14H12Cl2N2O. The normalized spacial score (nSPS) is 9.68. The summed E-state index contributed by atoms with van der Waals surface area (Å²) in [6.07, 6.45) is 0. The molecule has 98 valence electrons. The summed E-state index contributed by atoms with van der Waals surface area (Å²) in [7, 11) is 0. The Morgan fingerprint density at radius 2 is 1.63 bits per heavy atom. The Morgan fingerprint density at radius 1 is 0.947 bits per heavy atom. The number of hydrogen-bond acceptors (Lipinski definition) is 2. The maximum atomic E-state index is 11.3. The number of hydrogen-bond donors (Lipinski definition) is 1.